The van der Waals surface area contributed by atoms with Crippen LogP contribution in [0.25, 0.3) is 11.0 Å². The molecule has 1 aromatic carbocycles. The molecule has 1 aliphatic heterocycles. The average Bonchev–Trinajstić information content (AvgIpc) is 2.90. The van der Waals surface area contributed by atoms with E-state index in [1.165, 1.54) is 0 Å². The second-order valence-corrected chi connectivity index (χ2v) is 6.14. The second kappa shape index (κ2) is 5.53. The normalized spacial score (nSPS) is 22.7. The molecule has 1 aromatic heterocycles. The fourth-order valence-electron chi connectivity index (χ4n) is 3.07. The zero-order valence-electron chi connectivity index (χ0n) is 12.6. The van der Waals surface area contributed by atoms with E-state index in [0.29, 0.717) is 18.2 Å². The highest BCUT2D eigenvalue weighted by molar-refractivity contribution is 5.96. The second-order valence-electron chi connectivity index (χ2n) is 6.14. The Morgan fingerprint density at radius 2 is 2.19 bits per heavy atom. The lowest BCUT2D eigenvalue weighted by Crippen LogP contribution is -2.47. The van der Waals surface area contributed by atoms with E-state index in [1.54, 1.807) is 0 Å². The number of piperidine rings is 1. The van der Waals surface area contributed by atoms with Crippen molar-refractivity contribution in [3.63, 3.8) is 0 Å². The Morgan fingerprint density at radius 3 is 2.95 bits per heavy atom. The summed E-state index contributed by atoms with van der Waals surface area (Å²) in [6.45, 7) is 5.49. The maximum atomic E-state index is 12.7. The number of hydrogen-bond acceptors (Lipinski definition) is 3. The first-order valence-corrected chi connectivity index (χ1v) is 7.59. The third-order valence-corrected chi connectivity index (χ3v) is 4.46. The molecule has 2 atom stereocenters. The minimum Gasteiger partial charge on any atom is -0.451 e. The summed E-state index contributed by atoms with van der Waals surface area (Å²) in [5.74, 6) is 0.811. The highest BCUT2D eigenvalue weighted by Gasteiger charge is 2.30. The minimum atomic E-state index is -0.0190. The number of nitrogens with zero attached hydrogens (tertiary/aromatic N) is 1. The summed E-state index contributed by atoms with van der Waals surface area (Å²) >= 11 is 0. The number of furan rings is 1. The highest BCUT2D eigenvalue weighted by Crippen LogP contribution is 2.26. The Bertz CT molecular complexity index is 662. The molecular weight excluding hydrogens is 264 g/mol. The van der Waals surface area contributed by atoms with E-state index < -0.39 is 0 Å². The summed E-state index contributed by atoms with van der Waals surface area (Å²) < 4.78 is 5.73. The average molecular weight is 286 g/mol. The predicted molar refractivity (Wildman–Crippen MR) is 83.2 cm³/mol. The van der Waals surface area contributed by atoms with Gasteiger partial charge in [0.05, 0.1) is 0 Å². The molecule has 4 heteroatoms. The largest absolute Gasteiger partial charge is 0.451 e. The topological polar surface area (TPSA) is 59.5 Å². The fourth-order valence-corrected chi connectivity index (χ4v) is 3.07. The van der Waals surface area contributed by atoms with E-state index in [2.05, 4.69) is 6.92 Å². The van der Waals surface area contributed by atoms with Crippen molar-refractivity contribution in [3.05, 3.63) is 35.6 Å². The van der Waals surface area contributed by atoms with E-state index in [-0.39, 0.29) is 11.9 Å². The van der Waals surface area contributed by atoms with Crippen LogP contribution in [0.3, 0.4) is 0 Å². The van der Waals surface area contributed by atoms with Crippen LogP contribution in [0.1, 0.15) is 35.9 Å². The molecule has 0 spiro atoms. The van der Waals surface area contributed by atoms with Crippen molar-refractivity contribution >= 4 is 16.9 Å². The molecule has 112 valence electrons. The molecule has 2 heterocycles. The highest BCUT2D eigenvalue weighted by atomic mass is 16.3. The Balaban J connectivity index is 1.88. The van der Waals surface area contributed by atoms with Crippen LogP contribution in [-0.4, -0.2) is 29.9 Å². The Morgan fingerprint density at radius 1 is 1.38 bits per heavy atom. The smallest absolute Gasteiger partial charge is 0.289 e. The summed E-state index contributed by atoms with van der Waals surface area (Å²) in [7, 11) is 0. The summed E-state index contributed by atoms with van der Waals surface area (Å²) in [6.07, 6.45) is 2.10. The van der Waals surface area contributed by atoms with E-state index >= 15 is 0 Å². The van der Waals surface area contributed by atoms with Gasteiger partial charge in [-0.3, -0.25) is 4.79 Å². The van der Waals surface area contributed by atoms with Gasteiger partial charge < -0.3 is 15.1 Å². The molecule has 0 saturated carbocycles. The van der Waals surface area contributed by atoms with Crippen molar-refractivity contribution in [2.24, 2.45) is 11.7 Å². The van der Waals surface area contributed by atoms with Gasteiger partial charge in [0, 0.05) is 18.0 Å². The quantitative estimate of drug-likeness (QED) is 0.923. The zero-order chi connectivity index (χ0) is 15.0. The summed E-state index contributed by atoms with van der Waals surface area (Å²) in [6, 6.07) is 8.05. The Hall–Kier alpha value is -1.81. The lowest BCUT2D eigenvalue weighted by molar-refractivity contribution is 0.0537. The molecule has 2 unspecified atom stereocenters. The zero-order valence-corrected chi connectivity index (χ0v) is 12.6. The van der Waals surface area contributed by atoms with Crippen molar-refractivity contribution in [2.75, 3.05) is 13.1 Å². The number of carbonyl (C=O) groups is 1. The van der Waals surface area contributed by atoms with Gasteiger partial charge in [-0.1, -0.05) is 11.6 Å². The van der Waals surface area contributed by atoms with Crippen LogP contribution in [-0.2, 0) is 0 Å². The molecule has 21 heavy (non-hydrogen) atoms. The van der Waals surface area contributed by atoms with Crippen molar-refractivity contribution in [3.8, 4) is 0 Å². The van der Waals surface area contributed by atoms with Gasteiger partial charge in [-0.05, 0) is 57.4 Å². The third-order valence-electron chi connectivity index (χ3n) is 4.46. The van der Waals surface area contributed by atoms with Gasteiger partial charge in [0.25, 0.3) is 5.91 Å². The van der Waals surface area contributed by atoms with Gasteiger partial charge >= 0.3 is 0 Å². The molecule has 2 aromatic rings. The molecule has 4 nitrogen and oxygen atoms in total. The van der Waals surface area contributed by atoms with Gasteiger partial charge in [0.1, 0.15) is 5.58 Å². The van der Waals surface area contributed by atoms with Crippen LogP contribution in [0.4, 0.5) is 0 Å². The monoisotopic (exact) mass is 286 g/mol. The summed E-state index contributed by atoms with van der Waals surface area (Å²) in [5.41, 5.74) is 7.70. The first kappa shape index (κ1) is 14.1. The molecule has 0 radical (unpaired) electrons. The van der Waals surface area contributed by atoms with E-state index in [0.717, 1.165) is 35.9 Å². The van der Waals surface area contributed by atoms with Gasteiger partial charge in [-0.25, -0.2) is 0 Å². The van der Waals surface area contributed by atoms with Crippen LogP contribution in [0.2, 0.25) is 0 Å². The SMILES string of the molecule is Cc1ccc2oc(C(=O)N3CC(CN)CCC3C)cc2c1. The molecule has 0 bridgehead atoms. The number of fused-ring (bicyclic) bond motifs is 1. The standard InChI is InChI=1S/C17H22N2O2/c1-11-3-6-15-14(7-11)8-16(21-15)17(20)19-10-13(9-18)5-4-12(19)2/h3,6-8,12-13H,4-5,9-10,18H2,1-2H3. The molecule has 2 N–H and O–H groups in total. The molecule has 0 aliphatic carbocycles. The molecular formula is C17H22N2O2. The number of likely N-dealkylation sites (tertiary alicyclic amines) is 1. The van der Waals surface area contributed by atoms with Crippen molar-refractivity contribution in [2.45, 2.75) is 32.7 Å². The molecule has 1 fully saturated rings. The van der Waals surface area contributed by atoms with Crippen LogP contribution in [0, 0.1) is 12.8 Å². The Kier molecular flexibility index (Phi) is 3.72. The summed E-state index contributed by atoms with van der Waals surface area (Å²) in [4.78, 5) is 14.6. The minimum absolute atomic E-state index is 0.0190. The number of benzene rings is 1. The van der Waals surface area contributed by atoms with Crippen molar-refractivity contribution in [1.82, 2.24) is 4.90 Å². The van der Waals surface area contributed by atoms with Gasteiger partial charge in [0.15, 0.2) is 5.76 Å². The maximum Gasteiger partial charge on any atom is 0.289 e. The maximum absolute atomic E-state index is 12.7. The first-order chi connectivity index (χ1) is 10.1. The van der Waals surface area contributed by atoms with Gasteiger partial charge in [0.2, 0.25) is 0 Å². The van der Waals surface area contributed by atoms with Crippen molar-refractivity contribution in [1.29, 1.82) is 0 Å². The number of rotatable bonds is 2. The number of aryl methyl sites for hydroxylation is 1. The van der Waals surface area contributed by atoms with Crippen LogP contribution in [0.15, 0.2) is 28.7 Å². The van der Waals surface area contributed by atoms with Crippen LogP contribution < -0.4 is 5.73 Å². The third kappa shape index (κ3) is 2.68. The van der Waals surface area contributed by atoms with Crippen LogP contribution in [0.5, 0.6) is 0 Å². The number of hydrogen-bond donors (Lipinski definition) is 1. The van der Waals surface area contributed by atoms with Crippen LogP contribution >= 0.6 is 0 Å². The number of nitrogens with two attached hydrogens (primary N) is 1. The molecule has 1 aliphatic rings. The van der Waals surface area contributed by atoms with E-state index in [4.69, 9.17) is 10.2 Å². The van der Waals surface area contributed by atoms with Gasteiger partial charge in [-0.2, -0.15) is 0 Å². The Labute approximate surface area is 124 Å². The number of carbonyl (C=O) groups excluding carboxylic acids is 1. The molecule has 1 amide bonds. The number of amides is 1. The predicted octanol–water partition coefficient (Wildman–Crippen LogP) is 2.94. The molecule has 1 saturated heterocycles. The molecule has 3 rings (SSSR count). The lowest BCUT2D eigenvalue weighted by atomic mass is 9.93. The van der Waals surface area contributed by atoms with Gasteiger partial charge in [-0.15, -0.1) is 0 Å². The fraction of sp³-hybridized carbons (Fsp3) is 0.471. The summed E-state index contributed by atoms with van der Waals surface area (Å²) in [5, 5.41) is 0.985. The lowest BCUT2D eigenvalue weighted by Gasteiger charge is -2.37. The van der Waals surface area contributed by atoms with Crippen molar-refractivity contribution < 1.29 is 9.21 Å². The van der Waals surface area contributed by atoms with E-state index in [9.17, 15) is 4.79 Å². The first-order valence-electron chi connectivity index (χ1n) is 7.59. The van der Waals surface area contributed by atoms with E-state index in [1.807, 2.05) is 36.1 Å².